The minimum absolute atomic E-state index is 0.0669. The second-order valence-electron chi connectivity index (χ2n) is 6.48. The number of hydrogen-bond donors (Lipinski definition) is 1. The average molecular weight is 379 g/mol. The van der Waals surface area contributed by atoms with Crippen LogP contribution in [0.25, 0.3) is 0 Å². The summed E-state index contributed by atoms with van der Waals surface area (Å²) in [5, 5.41) is 2.46. The quantitative estimate of drug-likeness (QED) is 0.644. The molecule has 1 amide bonds. The molecular formula is C18H20F3N5O. The molecular weight excluding hydrogens is 359 g/mol. The van der Waals surface area contributed by atoms with Gasteiger partial charge in [0.2, 0.25) is 18.2 Å². The van der Waals surface area contributed by atoms with Crippen LogP contribution in [0.15, 0.2) is 18.3 Å². The Morgan fingerprint density at radius 3 is 2.56 bits per heavy atom. The molecule has 0 atom stereocenters. The van der Waals surface area contributed by atoms with Crippen molar-refractivity contribution < 1.29 is 18.0 Å². The van der Waals surface area contributed by atoms with E-state index in [-0.39, 0.29) is 11.2 Å². The van der Waals surface area contributed by atoms with Gasteiger partial charge in [0.15, 0.2) is 0 Å². The number of carbonyl (C=O) groups excluding carboxylic acids is 1. The van der Waals surface area contributed by atoms with E-state index in [0.717, 1.165) is 24.5 Å². The number of pyridine rings is 1. The number of alkyl halides is 2. The van der Waals surface area contributed by atoms with Crippen LogP contribution < -0.4 is 10.2 Å². The number of anilines is 3. The standard InChI is InChI=1S/C16H14F3N5O.C2H6/c1-15(18,19)14-22-11(17)5-13(23-14)24-7-16(2-3-16)9-6-20-12(21-8-25)4-10(9)24;1-2/h4-6,8H,2-3,7H2,1H3,(H,20,21,25);1-2H3. The number of carbonyl (C=O) groups is 1. The maximum Gasteiger partial charge on any atom is 0.304 e. The molecule has 1 aliphatic heterocycles. The first-order chi connectivity index (χ1) is 12.8. The largest absolute Gasteiger partial charge is 0.325 e. The van der Waals surface area contributed by atoms with E-state index in [2.05, 4.69) is 20.3 Å². The van der Waals surface area contributed by atoms with Gasteiger partial charge >= 0.3 is 5.92 Å². The number of fused-ring (bicyclic) bond motifs is 2. The van der Waals surface area contributed by atoms with Gasteiger partial charge in [-0.3, -0.25) is 4.79 Å². The van der Waals surface area contributed by atoms with Gasteiger partial charge in [0, 0.05) is 42.8 Å². The van der Waals surface area contributed by atoms with E-state index in [1.165, 1.54) is 0 Å². The maximum absolute atomic E-state index is 13.8. The fraction of sp³-hybridized carbons (Fsp3) is 0.444. The summed E-state index contributed by atoms with van der Waals surface area (Å²) in [6.07, 6.45) is 4.04. The van der Waals surface area contributed by atoms with Gasteiger partial charge in [-0.15, -0.1) is 0 Å². The summed E-state index contributed by atoms with van der Waals surface area (Å²) in [5.74, 6) is -4.83. The lowest BCUT2D eigenvalue weighted by Crippen LogP contribution is -2.23. The SMILES string of the molecule is CC.CC(F)(F)c1nc(F)cc(N2CC3(CC3)c3cnc(NC=O)cc32)n1. The van der Waals surface area contributed by atoms with Gasteiger partial charge in [-0.2, -0.15) is 18.2 Å². The fourth-order valence-electron chi connectivity index (χ4n) is 3.21. The molecule has 0 radical (unpaired) electrons. The molecule has 6 nitrogen and oxygen atoms in total. The van der Waals surface area contributed by atoms with E-state index in [9.17, 15) is 18.0 Å². The molecule has 1 saturated carbocycles. The summed E-state index contributed by atoms with van der Waals surface area (Å²) in [4.78, 5) is 23.6. The van der Waals surface area contributed by atoms with E-state index < -0.39 is 17.7 Å². The van der Waals surface area contributed by atoms with Crippen LogP contribution in [0.1, 0.15) is 45.0 Å². The summed E-state index contributed by atoms with van der Waals surface area (Å²) >= 11 is 0. The van der Waals surface area contributed by atoms with Crippen molar-refractivity contribution in [3.8, 4) is 0 Å². The smallest absolute Gasteiger partial charge is 0.304 e. The normalized spacial score (nSPS) is 16.4. The highest BCUT2D eigenvalue weighted by Gasteiger charge is 2.52. The van der Waals surface area contributed by atoms with E-state index in [0.29, 0.717) is 31.4 Å². The summed E-state index contributed by atoms with van der Waals surface area (Å²) in [7, 11) is 0. The zero-order valence-corrected chi connectivity index (χ0v) is 15.3. The van der Waals surface area contributed by atoms with Crippen LogP contribution in [0, 0.1) is 5.95 Å². The molecule has 144 valence electrons. The monoisotopic (exact) mass is 379 g/mol. The van der Waals surface area contributed by atoms with Crippen molar-refractivity contribution in [3.05, 3.63) is 35.7 Å². The first kappa shape index (κ1) is 19.1. The molecule has 0 bridgehead atoms. The molecule has 2 aromatic rings. The first-order valence-corrected chi connectivity index (χ1v) is 8.74. The van der Waals surface area contributed by atoms with Crippen LogP contribution in [0.3, 0.4) is 0 Å². The lowest BCUT2D eigenvalue weighted by molar-refractivity contribution is -0.105. The van der Waals surface area contributed by atoms with Crippen molar-refractivity contribution in [3.63, 3.8) is 0 Å². The van der Waals surface area contributed by atoms with Gasteiger partial charge in [-0.1, -0.05) is 13.8 Å². The molecule has 1 N–H and O–H groups in total. The molecule has 1 fully saturated rings. The van der Waals surface area contributed by atoms with Crippen molar-refractivity contribution in [2.45, 2.75) is 45.0 Å². The lowest BCUT2D eigenvalue weighted by Gasteiger charge is -2.20. The fourth-order valence-corrected chi connectivity index (χ4v) is 3.21. The van der Waals surface area contributed by atoms with Gasteiger partial charge in [-0.25, -0.2) is 9.97 Å². The van der Waals surface area contributed by atoms with Crippen LogP contribution in [0.5, 0.6) is 0 Å². The zero-order chi connectivity index (χ0) is 19.8. The molecule has 3 heterocycles. The topological polar surface area (TPSA) is 71.0 Å². The Morgan fingerprint density at radius 2 is 1.96 bits per heavy atom. The van der Waals surface area contributed by atoms with E-state index in [4.69, 9.17) is 0 Å². The van der Waals surface area contributed by atoms with Crippen molar-refractivity contribution in [1.29, 1.82) is 0 Å². The Labute approximate surface area is 154 Å². The number of nitrogens with zero attached hydrogens (tertiary/aromatic N) is 4. The Balaban J connectivity index is 0.00000102. The summed E-state index contributed by atoms with van der Waals surface area (Å²) in [6.45, 7) is 5.13. The number of aromatic nitrogens is 3. The molecule has 4 rings (SSSR count). The maximum atomic E-state index is 13.8. The summed E-state index contributed by atoms with van der Waals surface area (Å²) < 4.78 is 40.9. The van der Waals surface area contributed by atoms with Gasteiger partial charge in [-0.05, 0) is 12.8 Å². The van der Waals surface area contributed by atoms with Crippen LogP contribution >= 0.6 is 0 Å². The number of nitrogens with one attached hydrogen (secondary N) is 1. The Hall–Kier alpha value is -2.71. The van der Waals surface area contributed by atoms with Gasteiger partial charge in [0.1, 0.15) is 11.6 Å². The first-order valence-electron chi connectivity index (χ1n) is 8.74. The predicted octanol–water partition coefficient (Wildman–Crippen LogP) is 3.90. The van der Waals surface area contributed by atoms with Gasteiger partial charge in [0.25, 0.3) is 0 Å². The number of halogens is 3. The lowest BCUT2D eigenvalue weighted by atomic mass is 10.0. The average Bonchev–Trinajstić information content (AvgIpc) is 3.33. The van der Waals surface area contributed by atoms with E-state index >= 15 is 0 Å². The van der Waals surface area contributed by atoms with E-state index in [1.807, 2.05) is 13.8 Å². The second kappa shape index (κ2) is 6.79. The molecule has 0 saturated heterocycles. The molecule has 2 aromatic heterocycles. The van der Waals surface area contributed by atoms with Crippen LogP contribution in [0.4, 0.5) is 30.5 Å². The van der Waals surface area contributed by atoms with Gasteiger partial charge in [0.05, 0.1) is 5.69 Å². The molecule has 0 unspecified atom stereocenters. The molecule has 1 spiro atoms. The summed E-state index contributed by atoms with van der Waals surface area (Å²) in [5.41, 5.74) is 1.52. The van der Waals surface area contributed by atoms with Crippen molar-refractivity contribution >= 4 is 23.7 Å². The third-order valence-corrected chi connectivity index (χ3v) is 4.62. The Kier molecular flexibility index (Phi) is 4.79. The van der Waals surface area contributed by atoms with Crippen LogP contribution in [-0.4, -0.2) is 27.9 Å². The number of hydrogen-bond acceptors (Lipinski definition) is 5. The highest BCUT2D eigenvalue weighted by molar-refractivity contribution is 5.77. The minimum Gasteiger partial charge on any atom is -0.325 e. The number of rotatable bonds is 4. The van der Waals surface area contributed by atoms with Crippen molar-refractivity contribution in [2.75, 3.05) is 16.8 Å². The van der Waals surface area contributed by atoms with Crippen LogP contribution in [0.2, 0.25) is 0 Å². The second-order valence-corrected chi connectivity index (χ2v) is 6.48. The van der Waals surface area contributed by atoms with Crippen molar-refractivity contribution in [2.24, 2.45) is 0 Å². The predicted molar refractivity (Wildman–Crippen MR) is 94.7 cm³/mol. The molecule has 1 aliphatic carbocycles. The molecule has 27 heavy (non-hydrogen) atoms. The molecule has 9 heteroatoms. The Bertz CT molecular complexity index is 865. The number of amides is 1. The molecule has 2 aliphatic rings. The summed E-state index contributed by atoms with van der Waals surface area (Å²) in [6, 6.07) is 2.67. The van der Waals surface area contributed by atoms with E-state index in [1.54, 1.807) is 17.2 Å². The third kappa shape index (κ3) is 3.45. The Morgan fingerprint density at radius 1 is 1.26 bits per heavy atom. The minimum atomic E-state index is -3.35. The van der Waals surface area contributed by atoms with Crippen LogP contribution in [-0.2, 0) is 16.1 Å². The molecule has 0 aromatic carbocycles. The van der Waals surface area contributed by atoms with Crippen molar-refractivity contribution in [1.82, 2.24) is 15.0 Å². The van der Waals surface area contributed by atoms with Gasteiger partial charge < -0.3 is 10.2 Å². The highest BCUT2D eigenvalue weighted by atomic mass is 19.3. The highest BCUT2D eigenvalue weighted by Crippen LogP contribution is 2.58. The zero-order valence-electron chi connectivity index (χ0n) is 15.3. The third-order valence-electron chi connectivity index (χ3n) is 4.62.